The maximum Gasteiger partial charge on any atom is 0.119 e. The molecule has 0 aliphatic carbocycles. The Bertz CT molecular complexity index is 731. The molecule has 0 saturated carbocycles. The fraction of sp³-hybridized carbons (Fsp3) is 0.500. The van der Waals surface area contributed by atoms with E-state index in [0.717, 1.165) is 25.3 Å². The molecule has 0 saturated heterocycles. The standard InChI is InChI=1S/C24H35NO2/c1-23(2,3)19-9-8-12-22(18-19)27-16-15-25(6)14-13-24(4,5)20-10-7-11-21(26)17-20/h7-12,17-18,26H,13-16H2,1-6H3. The van der Waals surface area contributed by atoms with Gasteiger partial charge in [0.2, 0.25) is 0 Å². The summed E-state index contributed by atoms with van der Waals surface area (Å²) >= 11 is 0. The molecule has 0 radical (unpaired) electrons. The smallest absolute Gasteiger partial charge is 0.119 e. The van der Waals surface area contributed by atoms with Crippen LogP contribution in [0.5, 0.6) is 11.5 Å². The molecule has 0 bridgehead atoms. The predicted octanol–water partition coefficient (Wildman–Crippen LogP) is 5.37. The second-order valence-electron chi connectivity index (χ2n) is 9.11. The van der Waals surface area contributed by atoms with E-state index >= 15 is 0 Å². The average Bonchev–Trinajstić information content (AvgIpc) is 2.60. The van der Waals surface area contributed by atoms with Crippen LogP contribution in [0.3, 0.4) is 0 Å². The van der Waals surface area contributed by atoms with Crippen molar-refractivity contribution in [2.45, 2.75) is 51.9 Å². The van der Waals surface area contributed by atoms with Crippen LogP contribution in [0.2, 0.25) is 0 Å². The molecule has 2 rings (SSSR count). The Hall–Kier alpha value is -2.00. The average molecular weight is 370 g/mol. The molecule has 3 heteroatoms. The third kappa shape index (κ3) is 6.59. The lowest BCUT2D eigenvalue weighted by Gasteiger charge is -2.28. The Morgan fingerprint density at radius 2 is 1.56 bits per heavy atom. The molecule has 0 aliphatic rings. The first-order valence-corrected chi connectivity index (χ1v) is 9.79. The van der Waals surface area contributed by atoms with Gasteiger partial charge < -0.3 is 14.7 Å². The number of phenols is 1. The molecule has 1 N–H and O–H groups in total. The third-order valence-corrected chi connectivity index (χ3v) is 5.19. The zero-order chi connectivity index (χ0) is 20.1. The highest BCUT2D eigenvalue weighted by Crippen LogP contribution is 2.29. The number of hydrogen-bond donors (Lipinski definition) is 1. The van der Waals surface area contributed by atoms with Crippen molar-refractivity contribution >= 4 is 0 Å². The van der Waals surface area contributed by atoms with E-state index in [1.807, 2.05) is 18.2 Å². The SMILES string of the molecule is CN(CCOc1cccc(C(C)(C)C)c1)CCC(C)(C)c1cccc(O)c1. The van der Waals surface area contributed by atoms with Crippen LogP contribution in [0.4, 0.5) is 0 Å². The van der Waals surface area contributed by atoms with E-state index in [2.05, 4.69) is 70.8 Å². The van der Waals surface area contributed by atoms with Crippen molar-refractivity contribution in [3.63, 3.8) is 0 Å². The first-order chi connectivity index (χ1) is 12.6. The Kier molecular flexibility index (Phi) is 6.94. The van der Waals surface area contributed by atoms with E-state index in [4.69, 9.17) is 4.74 Å². The van der Waals surface area contributed by atoms with Gasteiger partial charge in [-0.25, -0.2) is 0 Å². The Morgan fingerprint density at radius 3 is 2.22 bits per heavy atom. The van der Waals surface area contributed by atoms with Gasteiger partial charge in [-0.15, -0.1) is 0 Å². The van der Waals surface area contributed by atoms with Gasteiger partial charge in [0, 0.05) is 6.54 Å². The molecule has 0 unspecified atom stereocenters. The molecular formula is C24H35NO2. The van der Waals surface area contributed by atoms with Crippen molar-refractivity contribution in [1.82, 2.24) is 4.90 Å². The number of likely N-dealkylation sites (N-methyl/N-ethyl adjacent to an activating group) is 1. The fourth-order valence-corrected chi connectivity index (χ4v) is 3.03. The largest absolute Gasteiger partial charge is 0.508 e. The number of phenolic OH excluding ortho intramolecular Hbond substituents is 1. The van der Waals surface area contributed by atoms with Crippen LogP contribution in [0.25, 0.3) is 0 Å². The highest BCUT2D eigenvalue weighted by atomic mass is 16.5. The first-order valence-electron chi connectivity index (χ1n) is 9.79. The molecule has 2 aromatic carbocycles. The Morgan fingerprint density at radius 1 is 0.889 bits per heavy atom. The van der Waals surface area contributed by atoms with Gasteiger partial charge in [0.25, 0.3) is 0 Å². The zero-order valence-electron chi connectivity index (χ0n) is 17.7. The van der Waals surface area contributed by atoms with Gasteiger partial charge in [0.05, 0.1) is 0 Å². The van der Waals surface area contributed by atoms with Crippen LogP contribution in [0.1, 0.15) is 52.2 Å². The summed E-state index contributed by atoms with van der Waals surface area (Å²) in [5.74, 6) is 1.27. The summed E-state index contributed by atoms with van der Waals surface area (Å²) in [6.07, 6.45) is 1.02. The number of hydrogen-bond acceptors (Lipinski definition) is 3. The van der Waals surface area contributed by atoms with Crippen molar-refractivity contribution in [3.8, 4) is 11.5 Å². The quantitative estimate of drug-likeness (QED) is 0.679. The summed E-state index contributed by atoms with van der Waals surface area (Å²) in [4.78, 5) is 2.30. The number of ether oxygens (including phenoxy) is 1. The second kappa shape index (κ2) is 8.79. The van der Waals surface area contributed by atoms with E-state index in [1.54, 1.807) is 6.07 Å². The molecule has 27 heavy (non-hydrogen) atoms. The summed E-state index contributed by atoms with van der Waals surface area (Å²) in [6, 6.07) is 16.0. The maximum absolute atomic E-state index is 9.72. The van der Waals surface area contributed by atoms with Gasteiger partial charge in [0.15, 0.2) is 0 Å². The van der Waals surface area contributed by atoms with E-state index in [-0.39, 0.29) is 10.8 Å². The molecule has 0 spiro atoms. The second-order valence-corrected chi connectivity index (χ2v) is 9.11. The normalized spacial score (nSPS) is 12.4. The van der Waals surface area contributed by atoms with Crippen molar-refractivity contribution in [2.24, 2.45) is 0 Å². The Balaban J connectivity index is 1.80. The van der Waals surface area contributed by atoms with E-state index < -0.39 is 0 Å². The van der Waals surface area contributed by atoms with Gasteiger partial charge in [-0.1, -0.05) is 58.9 Å². The number of benzene rings is 2. The van der Waals surface area contributed by atoms with Crippen molar-refractivity contribution in [1.29, 1.82) is 0 Å². The molecule has 0 atom stereocenters. The van der Waals surface area contributed by atoms with Crippen molar-refractivity contribution in [2.75, 3.05) is 26.7 Å². The van der Waals surface area contributed by atoms with Gasteiger partial charge in [0.1, 0.15) is 18.1 Å². The van der Waals surface area contributed by atoms with Crippen LogP contribution >= 0.6 is 0 Å². The fourth-order valence-electron chi connectivity index (χ4n) is 3.03. The molecule has 0 aromatic heterocycles. The monoisotopic (exact) mass is 369 g/mol. The van der Waals surface area contributed by atoms with Crippen LogP contribution in [-0.4, -0.2) is 36.8 Å². The highest BCUT2D eigenvalue weighted by Gasteiger charge is 2.21. The molecule has 0 fully saturated rings. The summed E-state index contributed by atoms with van der Waals surface area (Å²) < 4.78 is 5.97. The zero-order valence-corrected chi connectivity index (χ0v) is 17.7. The van der Waals surface area contributed by atoms with Crippen LogP contribution in [-0.2, 0) is 10.8 Å². The van der Waals surface area contributed by atoms with Gasteiger partial charge >= 0.3 is 0 Å². The lowest BCUT2D eigenvalue weighted by atomic mass is 9.81. The lowest BCUT2D eigenvalue weighted by molar-refractivity contribution is 0.225. The minimum atomic E-state index is 0.0227. The summed E-state index contributed by atoms with van der Waals surface area (Å²) in [5, 5.41) is 9.72. The highest BCUT2D eigenvalue weighted by molar-refractivity contribution is 5.33. The Labute approximate surface area is 165 Å². The topological polar surface area (TPSA) is 32.7 Å². The van der Waals surface area contributed by atoms with Gasteiger partial charge in [-0.2, -0.15) is 0 Å². The van der Waals surface area contributed by atoms with Gasteiger partial charge in [-0.3, -0.25) is 0 Å². The molecule has 0 aliphatic heterocycles. The summed E-state index contributed by atoms with van der Waals surface area (Å²) in [5.41, 5.74) is 2.62. The lowest BCUT2D eigenvalue weighted by Crippen LogP contribution is -2.30. The predicted molar refractivity (Wildman–Crippen MR) is 114 cm³/mol. The van der Waals surface area contributed by atoms with Crippen LogP contribution in [0, 0.1) is 0 Å². The minimum absolute atomic E-state index is 0.0227. The van der Waals surface area contributed by atoms with Crippen molar-refractivity contribution in [3.05, 3.63) is 59.7 Å². The molecule has 0 amide bonds. The molecular weight excluding hydrogens is 334 g/mol. The number of aromatic hydroxyl groups is 1. The summed E-state index contributed by atoms with van der Waals surface area (Å²) in [6.45, 7) is 13.6. The number of rotatable bonds is 8. The van der Waals surface area contributed by atoms with Gasteiger partial charge in [-0.05, 0) is 66.2 Å². The molecule has 0 heterocycles. The maximum atomic E-state index is 9.72. The third-order valence-electron chi connectivity index (χ3n) is 5.19. The van der Waals surface area contributed by atoms with Crippen LogP contribution in [0.15, 0.2) is 48.5 Å². The minimum Gasteiger partial charge on any atom is -0.508 e. The first kappa shape index (κ1) is 21.3. The number of nitrogens with zero attached hydrogens (tertiary/aromatic N) is 1. The van der Waals surface area contributed by atoms with Crippen molar-refractivity contribution < 1.29 is 9.84 Å². The summed E-state index contributed by atoms with van der Waals surface area (Å²) in [7, 11) is 2.13. The molecule has 2 aromatic rings. The van der Waals surface area contributed by atoms with E-state index in [1.165, 1.54) is 11.1 Å². The van der Waals surface area contributed by atoms with E-state index in [9.17, 15) is 5.11 Å². The molecule has 148 valence electrons. The molecule has 3 nitrogen and oxygen atoms in total. The van der Waals surface area contributed by atoms with E-state index in [0.29, 0.717) is 12.4 Å². The van der Waals surface area contributed by atoms with Crippen LogP contribution < -0.4 is 4.74 Å².